The number of rotatable bonds is 4. The molecule has 1 aromatic heterocycles. The zero-order chi connectivity index (χ0) is 13.1. The smallest absolute Gasteiger partial charge is 0.295 e. The van der Waals surface area contributed by atoms with Crippen molar-refractivity contribution in [2.75, 3.05) is 5.32 Å². The fraction of sp³-hybridized carbons (Fsp3) is 0.182. The number of H-pyrrole nitrogens is 1. The van der Waals surface area contributed by atoms with Crippen molar-refractivity contribution in [3.63, 3.8) is 0 Å². The summed E-state index contributed by atoms with van der Waals surface area (Å²) in [5.74, 6) is -0.636. The van der Waals surface area contributed by atoms with Crippen molar-refractivity contribution in [2.45, 2.75) is 13.0 Å². The van der Waals surface area contributed by atoms with Gasteiger partial charge in [-0.05, 0) is 19.1 Å². The molecule has 2 N–H and O–H groups in total. The Balaban J connectivity index is 2.26. The van der Waals surface area contributed by atoms with Crippen molar-refractivity contribution in [1.82, 2.24) is 10.2 Å². The predicted molar refractivity (Wildman–Crippen MR) is 63.7 cm³/mol. The van der Waals surface area contributed by atoms with Gasteiger partial charge in [0, 0.05) is 11.8 Å². The van der Waals surface area contributed by atoms with E-state index in [1.165, 1.54) is 12.1 Å². The van der Waals surface area contributed by atoms with E-state index in [1.54, 1.807) is 12.4 Å². The van der Waals surface area contributed by atoms with Crippen LogP contribution < -0.4 is 5.32 Å². The second-order valence-electron chi connectivity index (χ2n) is 3.82. The fourth-order valence-corrected chi connectivity index (χ4v) is 1.59. The molecule has 7 heteroatoms. The highest BCUT2D eigenvalue weighted by atomic mass is 19.1. The van der Waals surface area contributed by atoms with Crippen molar-refractivity contribution in [3.8, 4) is 0 Å². The van der Waals surface area contributed by atoms with Crippen molar-refractivity contribution in [2.24, 2.45) is 0 Å². The lowest BCUT2D eigenvalue weighted by atomic mass is 10.1. The molecule has 1 unspecified atom stereocenters. The molecule has 1 aromatic carbocycles. The Kier molecular flexibility index (Phi) is 3.22. The van der Waals surface area contributed by atoms with E-state index in [0.29, 0.717) is 0 Å². The van der Waals surface area contributed by atoms with Crippen LogP contribution in [0.1, 0.15) is 18.5 Å². The monoisotopic (exact) mass is 250 g/mol. The van der Waals surface area contributed by atoms with E-state index in [4.69, 9.17) is 0 Å². The summed E-state index contributed by atoms with van der Waals surface area (Å²) in [4.78, 5) is 10.2. The molecule has 1 heterocycles. The quantitative estimate of drug-likeness (QED) is 0.645. The first-order chi connectivity index (χ1) is 8.58. The van der Waals surface area contributed by atoms with Gasteiger partial charge in [0.1, 0.15) is 11.5 Å². The largest absolute Gasteiger partial charge is 0.373 e. The maximum atomic E-state index is 13.0. The van der Waals surface area contributed by atoms with E-state index in [9.17, 15) is 14.5 Å². The summed E-state index contributed by atoms with van der Waals surface area (Å²) in [6.45, 7) is 1.83. The van der Waals surface area contributed by atoms with Crippen LogP contribution in [0.25, 0.3) is 0 Å². The summed E-state index contributed by atoms with van der Waals surface area (Å²) in [5, 5.41) is 20.2. The summed E-state index contributed by atoms with van der Waals surface area (Å²) in [7, 11) is 0. The first-order valence-electron chi connectivity index (χ1n) is 5.27. The lowest BCUT2D eigenvalue weighted by Gasteiger charge is -2.13. The van der Waals surface area contributed by atoms with E-state index in [2.05, 4.69) is 15.5 Å². The third-order valence-corrected chi connectivity index (χ3v) is 2.55. The minimum absolute atomic E-state index is 0.173. The van der Waals surface area contributed by atoms with Crippen LogP contribution in [0.4, 0.5) is 15.8 Å². The van der Waals surface area contributed by atoms with Crippen LogP contribution in [0.3, 0.4) is 0 Å². The van der Waals surface area contributed by atoms with Crippen molar-refractivity contribution >= 4 is 11.4 Å². The molecule has 0 saturated heterocycles. The highest BCUT2D eigenvalue weighted by Gasteiger charge is 2.17. The Labute approximate surface area is 102 Å². The molecule has 2 rings (SSSR count). The first kappa shape index (κ1) is 12.0. The number of benzene rings is 1. The lowest BCUT2D eigenvalue weighted by molar-refractivity contribution is -0.384. The molecule has 0 aliphatic heterocycles. The average Bonchev–Trinajstić information content (AvgIpc) is 2.84. The number of nitrogens with one attached hydrogen (secondary N) is 2. The first-order valence-corrected chi connectivity index (χ1v) is 5.27. The van der Waals surface area contributed by atoms with Gasteiger partial charge in [-0.15, -0.1) is 0 Å². The Morgan fingerprint density at radius 1 is 1.56 bits per heavy atom. The Morgan fingerprint density at radius 3 is 2.94 bits per heavy atom. The molecular formula is C11H11FN4O2. The van der Waals surface area contributed by atoms with E-state index >= 15 is 0 Å². The highest BCUT2D eigenvalue weighted by Crippen LogP contribution is 2.28. The molecule has 0 spiro atoms. The van der Waals surface area contributed by atoms with E-state index < -0.39 is 10.7 Å². The summed E-state index contributed by atoms with van der Waals surface area (Å²) in [6.07, 6.45) is 3.31. The lowest BCUT2D eigenvalue weighted by Crippen LogP contribution is -2.07. The Bertz CT molecular complexity index is 556. The third-order valence-electron chi connectivity index (χ3n) is 2.55. The molecule has 2 aromatic rings. The number of halogens is 1. The molecule has 1 atom stereocenters. The van der Waals surface area contributed by atoms with Gasteiger partial charge in [0.2, 0.25) is 0 Å². The molecule has 0 aliphatic carbocycles. The zero-order valence-corrected chi connectivity index (χ0v) is 9.55. The summed E-state index contributed by atoms with van der Waals surface area (Å²) >= 11 is 0. The Hall–Kier alpha value is -2.44. The normalized spacial score (nSPS) is 12.1. The summed E-state index contributed by atoms with van der Waals surface area (Å²) in [6, 6.07) is 3.25. The fourth-order valence-electron chi connectivity index (χ4n) is 1.59. The van der Waals surface area contributed by atoms with Gasteiger partial charge in [-0.25, -0.2) is 4.39 Å². The molecule has 18 heavy (non-hydrogen) atoms. The number of hydrogen-bond acceptors (Lipinski definition) is 4. The van der Waals surface area contributed by atoms with Crippen molar-refractivity contribution in [1.29, 1.82) is 0 Å². The van der Waals surface area contributed by atoms with Crippen LogP contribution >= 0.6 is 0 Å². The van der Waals surface area contributed by atoms with E-state index in [1.807, 2.05) is 6.92 Å². The van der Waals surface area contributed by atoms with Gasteiger partial charge >= 0.3 is 0 Å². The van der Waals surface area contributed by atoms with Crippen LogP contribution in [0, 0.1) is 15.9 Å². The van der Waals surface area contributed by atoms with Gasteiger partial charge in [0.05, 0.1) is 23.2 Å². The van der Waals surface area contributed by atoms with Gasteiger partial charge in [-0.1, -0.05) is 0 Å². The average molecular weight is 250 g/mol. The second kappa shape index (κ2) is 4.82. The molecule has 6 nitrogen and oxygen atoms in total. The molecule has 0 amide bonds. The maximum absolute atomic E-state index is 13.0. The van der Waals surface area contributed by atoms with Crippen LogP contribution in [-0.2, 0) is 0 Å². The standard InChI is InChI=1S/C11H11FN4O2/c1-7(8-5-13-14-6-8)15-10-3-2-9(12)4-11(10)16(17)18/h2-7,15H,1H3,(H,13,14). The molecule has 0 radical (unpaired) electrons. The molecule has 0 bridgehead atoms. The molecule has 94 valence electrons. The van der Waals surface area contributed by atoms with E-state index in [-0.39, 0.29) is 17.4 Å². The number of anilines is 1. The molecule has 0 aliphatic rings. The summed E-state index contributed by atoms with van der Waals surface area (Å²) in [5.41, 5.74) is 0.842. The molecule has 0 saturated carbocycles. The number of aromatic amines is 1. The van der Waals surface area contributed by atoms with Gasteiger partial charge in [-0.3, -0.25) is 15.2 Å². The summed E-state index contributed by atoms with van der Waals surface area (Å²) < 4.78 is 13.0. The van der Waals surface area contributed by atoms with Gasteiger partial charge in [-0.2, -0.15) is 5.10 Å². The number of nitro groups is 1. The maximum Gasteiger partial charge on any atom is 0.295 e. The number of nitro benzene ring substituents is 1. The van der Waals surface area contributed by atoms with Crippen LogP contribution in [-0.4, -0.2) is 15.1 Å². The minimum atomic E-state index is -0.636. The molecule has 0 fully saturated rings. The Morgan fingerprint density at radius 2 is 2.33 bits per heavy atom. The number of aromatic nitrogens is 2. The molecular weight excluding hydrogens is 239 g/mol. The van der Waals surface area contributed by atoms with Crippen LogP contribution in [0.15, 0.2) is 30.6 Å². The second-order valence-corrected chi connectivity index (χ2v) is 3.82. The number of hydrogen-bond donors (Lipinski definition) is 2. The van der Waals surface area contributed by atoms with Crippen LogP contribution in [0.2, 0.25) is 0 Å². The van der Waals surface area contributed by atoms with Crippen molar-refractivity contribution < 1.29 is 9.31 Å². The van der Waals surface area contributed by atoms with E-state index in [0.717, 1.165) is 11.6 Å². The van der Waals surface area contributed by atoms with Gasteiger partial charge < -0.3 is 5.32 Å². The van der Waals surface area contributed by atoms with Gasteiger partial charge in [0.15, 0.2) is 0 Å². The predicted octanol–water partition coefficient (Wildman–Crippen LogP) is 2.63. The van der Waals surface area contributed by atoms with Gasteiger partial charge in [0.25, 0.3) is 5.69 Å². The topological polar surface area (TPSA) is 83.8 Å². The highest BCUT2D eigenvalue weighted by molar-refractivity contribution is 5.62. The van der Waals surface area contributed by atoms with Crippen molar-refractivity contribution in [3.05, 3.63) is 52.1 Å². The van der Waals surface area contributed by atoms with Crippen LogP contribution in [0.5, 0.6) is 0 Å². The minimum Gasteiger partial charge on any atom is -0.373 e. The third kappa shape index (κ3) is 2.45. The zero-order valence-electron chi connectivity index (χ0n) is 9.55. The number of nitrogens with zero attached hydrogens (tertiary/aromatic N) is 2. The SMILES string of the molecule is CC(Nc1ccc(F)cc1[N+](=O)[O-])c1cn[nH]c1.